The molecule has 5 heteroatoms. The number of nitrogens with one attached hydrogen (secondary N) is 2. The number of hydrogen-bond donors (Lipinski definition) is 2. The van der Waals surface area contributed by atoms with Crippen LogP contribution in [0.2, 0.25) is 0 Å². The van der Waals surface area contributed by atoms with Crippen molar-refractivity contribution in [2.75, 3.05) is 17.7 Å². The summed E-state index contributed by atoms with van der Waals surface area (Å²) in [6.07, 6.45) is 1.46. The van der Waals surface area contributed by atoms with Gasteiger partial charge in [0, 0.05) is 13.1 Å². The van der Waals surface area contributed by atoms with E-state index in [-0.39, 0.29) is 0 Å². The molecule has 0 radical (unpaired) electrons. The Morgan fingerprint density at radius 1 is 1.18 bits per heavy atom. The van der Waals surface area contributed by atoms with Gasteiger partial charge in [-0.2, -0.15) is 5.26 Å². The lowest BCUT2D eigenvalue weighted by Gasteiger charge is -2.07. The van der Waals surface area contributed by atoms with Gasteiger partial charge in [-0.1, -0.05) is 12.1 Å². The molecule has 2 aromatic rings. The predicted molar refractivity (Wildman–Crippen MR) is 66.0 cm³/mol. The summed E-state index contributed by atoms with van der Waals surface area (Å²) in [4.78, 5) is 8.10. The molecule has 0 saturated heterocycles. The first-order chi connectivity index (χ1) is 8.33. The van der Waals surface area contributed by atoms with Crippen molar-refractivity contribution < 1.29 is 0 Å². The van der Waals surface area contributed by atoms with Crippen molar-refractivity contribution in [1.82, 2.24) is 9.97 Å². The van der Waals surface area contributed by atoms with Crippen LogP contribution in [0.3, 0.4) is 0 Å². The molecule has 84 valence electrons. The van der Waals surface area contributed by atoms with E-state index in [1.165, 1.54) is 6.33 Å². The van der Waals surface area contributed by atoms with Crippen molar-refractivity contribution in [3.05, 3.63) is 42.2 Å². The summed E-state index contributed by atoms with van der Waals surface area (Å²) in [5.74, 6) is 1.36. The number of hydrogen-bond acceptors (Lipinski definition) is 5. The first-order valence-corrected chi connectivity index (χ1v) is 5.09. The molecule has 0 bridgehead atoms. The van der Waals surface area contributed by atoms with Crippen molar-refractivity contribution in [1.29, 1.82) is 5.26 Å². The Balaban J connectivity index is 2.28. The summed E-state index contributed by atoms with van der Waals surface area (Å²) >= 11 is 0. The van der Waals surface area contributed by atoms with Crippen molar-refractivity contribution >= 4 is 17.3 Å². The smallest absolute Gasteiger partial charge is 0.135 e. The van der Waals surface area contributed by atoms with Gasteiger partial charge < -0.3 is 10.6 Å². The number of para-hydroxylation sites is 1. The minimum absolute atomic E-state index is 0.581. The fourth-order valence-corrected chi connectivity index (χ4v) is 1.39. The number of benzene rings is 1. The summed E-state index contributed by atoms with van der Waals surface area (Å²) in [6, 6.07) is 11.2. The molecular formula is C12H11N5. The first-order valence-electron chi connectivity index (χ1n) is 5.09. The third kappa shape index (κ3) is 2.49. The standard InChI is InChI=1S/C12H11N5/c1-14-11-6-12(16-8-15-11)17-10-5-3-2-4-9(10)7-13/h2-6,8H,1H3,(H2,14,15,16,17). The molecule has 0 atom stereocenters. The number of aromatic nitrogens is 2. The van der Waals surface area contributed by atoms with Gasteiger partial charge in [-0.05, 0) is 12.1 Å². The SMILES string of the molecule is CNc1cc(Nc2ccccc2C#N)ncn1. The lowest BCUT2D eigenvalue weighted by atomic mass is 10.2. The molecular weight excluding hydrogens is 214 g/mol. The summed E-state index contributed by atoms with van der Waals surface area (Å²) < 4.78 is 0. The van der Waals surface area contributed by atoms with Gasteiger partial charge in [0.2, 0.25) is 0 Å². The highest BCUT2D eigenvalue weighted by atomic mass is 15.1. The molecule has 2 N–H and O–H groups in total. The minimum atomic E-state index is 0.581. The molecule has 0 unspecified atom stereocenters. The van der Waals surface area contributed by atoms with Crippen LogP contribution in [0.5, 0.6) is 0 Å². The summed E-state index contributed by atoms with van der Waals surface area (Å²) in [7, 11) is 1.79. The summed E-state index contributed by atoms with van der Waals surface area (Å²) in [5, 5.41) is 15.0. The van der Waals surface area contributed by atoms with Crippen LogP contribution in [-0.2, 0) is 0 Å². The van der Waals surface area contributed by atoms with E-state index >= 15 is 0 Å². The van der Waals surface area contributed by atoms with Crippen LogP contribution in [0, 0.1) is 11.3 Å². The van der Waals surface area contributed by atoms with Crippen LogP contribution in [0.4, 0.5) is 17.3 Å². The lowest BCUT2D eigenvalue weighted by Crippen LogP contribution is -1.99. The van der Waals surface area contributed by atoms with Crippen molar-refractivity contribution in [2.45, 2.75) is 0 Å². The van der Waals surface area contributed by atoms with E-state index in [9.17, 15) is 0 Å². The maximum absolute atomic E-state index is 8.96. The molecule has 5 nitrogen and oxygen atoms in total. The topological polar surface area (TPSA) is 73.6 Å². The van der Waals surface area contributed by atoms with Crippen LogP contribution in [0.25, 0.3) is 0 Å². The molecule has 1 aromatic heterocycles. The molecule has 0 amide bonds. The Kier molecular flexibility index (Phi) is 3.17. The highest BCUT2D eigenvalue weighted by Gasteiger charge is 2.02. The van der Waals surface area contributed by atoms with E-state index in [4.69, 9.17) is 5.26 Å². The van der Waals surface area contributed by atoms with Crippen molar-refractivity contribution in [2.24, 2.45) is 0 Å². The van der Waals surface area contributed by atoms with Crippen molar-refractivity contribution in [3.8, 4) is 6.07 Å². The highest BCUT2D eigenvalue weighted by molar-refractivity contribution is 5.65. The molecule has 1 heterocycles. The number of anilines is 3. The third-order valence-electron chi connectivity index (χ3n) is 2.23. The van der Waals surface area contributed by atoms with Gasteiger partial charge in [-0.3, -0.25) is 0 Å². The van der Waals surface area contributed by atoms with Gasteiger partial charge in [-0.25, -0.2) is 9.97 Å². The van der Waals surface area contributed by atoms with Crippen LogP contribution in [0.1, 0.15) is 5.56 Å². The van der Waals surface area contributed by atoms with Crippen LogP contribution in [0.15, 0.2) is 36.7 Å². The zero-order valence-corrected chi connectivity index (χ0v) is 9.31. The Bertz CT molecular complexity index is 559. The second-order valence-electron chi connectivity index (χ2n) is 3.32. The van der Waals surface area contributed by atoms with Crippen LogP contribution >= 0.6 is 0 Å². The quantitative estimate of drug-likeness (QED) is 0.837. The maximum atomic E-state index is 8.96. The molecule has 2 rings (SSSR count). The van der Waals surface area contributed by atoms with Gasteiger partial charge in [0.05, 0.1) is 11.3 Å². The second kappa shape index (κ2) is 4.94. The van der Waals surface area contributed by atoms with Gasteiger partial charge in [0.15, 0.2) is 0 Å². The lowest BCUT2D eigenvalue weighted by molar-refractivity contribution is 1.16. The van der Waals surface area contributed by atoms with E-state index in [1.54, 1.807) is 19.2 Å². The van der Waals surface area contributed by atoms with Crippen LogP contribution < -0.4 is 10.6 Å². The second-order valence-corrected chi connectivity index (χ2v) is 3.32. The first kappa shape index (κ1) is 10.9. The molecule has 1 aromatic carbocycles. The monoisotopic (exact) mass is 225 g/mol. The fourth-order valence-electron chi connectivity index (χ4n) is 1.39. The zero-order valence-electron chi connectivity index (χ0n) is 9.31. The molecule has 0 aliphatic heterocycles. The Hall–Kier alpha value is -2.61. The van der Waals surface area contributed by atoms with E-state index in [0.717, 1.165) is 11.5 Å². The summed E-state index contributed by atoms with van der Waals surface area (Å²) in [6.45, 7) is 0. The third-order valence-corrected chi connectivity index (χ3v) is 2.23. The Morgan fingerprint density at radius 3 is 2.71 bits per heavy atom. The van der Waals surface area contributed by atoms with Gasteiger partial charge in [0.25, 0.3) is 0 Å². The number of nitriles is 1. The molecule has 0 saturated carbocycles. The number of rotatable bonds is 3. The van der Waals surface area contributed by atoms with Crippen molar-refractivity contribution in [3.63, 3.8) is 0 Å². The largest absolute Gasteiger partial charge is 0.373 e. The summed E-state index contributed by atoms with van der Waals surface area (Å²) in [5.41, 5.74) is 1.31. The average Bonchev–Trinajstić information content (AvgIpc) is 2.39. The fraction of sp³-hybridized carbons (Fsp3) is 0.0833. The Morgan fingerprint density at radius 2 is 1.94 bits per heavy atom. The Labute approximate surface area is 99.1 Å². The van der Waals surface area contributed by atoms with E-state index < -0.39 is 0 Å². The maximum Gasteiger partial charge on any atom is 0.135 e. The molecule has 0 aliphatic rings. The predicted octanol–water partition coefficient (Wildman–Crippen LogP) is 2.13. The van der Waals surface area contributed by atoms with E-state index in [2.05, 4.69) is 26.7 Å². The minimum Gasteiger partial charge on any atom is -0.373 e. The zero-order chi connectivity index (χ0) is 12.1. The normalized spacial score (nSPS) is 9.41. The highest BCUT2D eigenvalue weighted by Crippen LogP contribution is 2.19. The van der Waals surface area contributed by atoms with Gasteiger partial charge in [-0.15, -0.1) is 0 Å². The number of nitrogens with zero attached hydrogens (tertiary/aromatic N) is 3. The average molecular weight is 225 g/mol. The molecule has 17 heavy (non-hydrogen) atoms. The van der Waals surface area contributed by atoms with E-state index in [1.807, 2.05) is 18.2 Å². The molecule has 0 fully saturated rings. The van der Waals surface area contributed by atoms with E-state index in [0.29, 0.717) is 11.4 Å². The van der Waals surface area contributed by atoms with Gasteiger partial charge in [0.1, 0.15) is 24.0 Å². The van der Waals surface area contributed by atoms with Gasteiger partial charge >= 0.3 is 0 Å². The van der Waals surface area contributed by atoms with Crippen LogP contribution in [-0.4, -0.2) is 17.0 Å². The molecule has 0 spiro atoms. The molecule has 0 aliphatic carbocycles.